The molecule has 0 aliphatic heterocycles. The van der Waals surface area contributed by atoms with Gasteiger partial charge in [-0.25, -0.2) is 0 Å². The molecule has 0 fully saturated rings. The number of benzene rings is 1. The molecule has 3 rings (SSSR count). The first-order valence-electron chi connectivity index (χ1n) is 7.08. The minimum atomic E-state index is 0.313. The number of thiophene rings is 1. The van der Waals surface area contributed by atoms with Gasteiger partial charge in [0.25, 0.3) is 0 Å². The molecule has 1 N–H and O–H groups in total. The summed E-state index contributed by atoms with van der Waals surface area (Å²) >= 11 is 5.34. The van der Waals surface area contributed by atoms with Gasteiger partial charge >= 0.3 is 0 Å². The van der Waals surface area contributed by atoms with Crippen LogP contribution in [0, 0.1) is 0 Å². The van der Waals surface area contributed by atoms with E-state index in [0.717, 1.165) is 23.0 Å². The van der Waals surface area contributed by atoms with Crippen molar-refractivity contribution in [3.8, 4) is 0 Å². The molecule has 4 heteroatoms. The van der Waals surface area contributed by atoms with Gasteiger partial charge < -0.3 is 5.32 Å². The van der Waals surface area contributed by atoms with Gasteiger partial charge in [0.15, 0.2) is 0 Å². The molecule has 3 aromatic rings. The number of para-hydroxylation sites is 1. The molecule has 0 spiro atoms. The lowest BCUT2D eigenvalue weighted by Crippen LogP contribution is -2.23. The van der Waals surface area contributed by atoms with E-state index in [1.807, 2.05) is 12.3 Å². The Kier molecular flexibility index (Phi) is 4.68. The van der Waals surface area contributed by atoms with Gasteiger partial charge in [-0.1, -0.05) is 25.1 Å². The topological polar surface area (TPSA) is 24.9 Å². The number of rotatable bonds is 5. The number of hydrogen-bond acceptors (Lipinski definition) is 3. The summed E-state index contributed by atoms with van der Waals surface area (Å²) in [7, 11) is 0. The molecule has 0 radical (unpaired) electrons. The normalized spacial score (nSPS) is 12.7. The Balaban J connectivity index is 1.98. The summed E-state index contributed by atoms with van der Waals surface area (Å²) < 4.78 is 1.16. The third-order valence-electron chi connectivity index (χ3n) is 3.54. The average Bonchev–Trinajstić information content (AvgIpc) is 2.91. The molecule has 2 nitrogen and oxygen atoms in total. The third kappa shape index (κ3) is 3.34. The Morgan fingerprint density at radius 3 is 2.90 bits per heavy atom. The quantitative estimate of drug-likeness (QED) is 0.695. The van der Waals surface area contributed by atoms with Gasteiger partial charge in [-0.05, 0) is 46.2 Å². The maximum atomic E-state index is 4.46. The molecule has 0 bridgehead atoms. The zero-order valence-corrected chi connectivity index (χ0v) is 14.2. The van der Waals surface area contributed by atoms with E-state index in [0.29, 0.717) is 6.04 Å². The van der Waals surface area contributed by atoms with Crippen LogP contribution in [-0.2, 0) is 6.42 Å². The molecular weight excluding hydrogens is 344 g/mol. The first-order valence-corrected chi connectivity index (χ1v) is 8.75. The fourth-order valence-electron chi connectivity index (χ4n) is 2.62. The van der Waals surface area contributed by atoms with E-state index in [-0.39, 0.29) is 0 Å². The minimum absolute atomic E-state index is 0.313. The van der Waals surface area contributed by atoms with Crippen molar-refractivity contribution in [1.82, 2.24) is 10.3 Å². The second-order valence-corrected chi connectivity index (χ2v) is 6.87. The highest BCUT2D eigenvalue weighted by Crippen LogP contribution is 2.29. The van der Waals surface area contributed by atoms with Gasteiger partial charge in [-0.2, -0.15) is 0 Å². The smallest absolute Gasteiger partial charge is 0.0705 e. The lowest BCUT2D eigenvalue weighted by Gasteiger charge is -2.19. The van der Waals surface area contributed by atoms with E-state index in [9.17, 15) is 0 Å². The number of nitrogens with zero attached hydrogens (tertiary/aromatic N) is 1. The van der Waals surface area contributed by atoms with E-state index in [1.165, 1.54) is 15.8 Å². The number of nitrogens with one attached hydrogen (secondary N) is 1. The Morgan fingerprint density at radius 2 is 2.14 bits per heavy atom. The second-order valence-electron chi connectivity index (χ2n) is 4.96. The Labute approximate surface area is 137 Å². The van der Waals surface area contributed by atoms with Crippen LogP contribution in [0.25, 0.3) is 10.9 Å². The Bertz CT molecular complexity index is 733. The molecule has 0 saturated carbocycles. The van der Waals surface area contributed by atoms with Gasteiger partial charge in [-0.15, -0.1) is 11.3 Å². The van der Waals surface area contributed by atoms with Crippen molar-refractivity contribution >= 4 is 38.2 Å². The van der Waals surface area contributed by atoms with E-state index in [4.69, 9.17) is 0 Å². The van der Waals surface area contributed by atoms with Crippen LogP contribution in [0.4, 0.5) is 0 Å². The lowest BCUT2D eigenvalue weighted by molar-refractivity contribution is 0.556. The van der Waals surface area contributed by atoms with Crippen molar-refractivity contribution in [2.45, 2.75) is 19.4 Å². The summed E-state index contributed by atoms with van der Waals surface area (Å²) in [6.07, 6.45) is 2.91. The fourth-order valence-corrected chi connectivity index (χ4v) is 4.12. The van der Waals surface area contributed by atoms with Crippen LogP contribution in [0.15, 0.2) is 52.4 Å². The Hall–Kier alpha value is -1.23. The molecule has 108 valence electrons. The van der Waals surface area contributed by atoms with Gasteiger partial charge in [0.2, 0.25) is 0 Å². The molecular formula is C17H17BrN2S. The van der Waals surface area contributed by atoms with Crippen molar-refractivity contribution in [1.29, 1.82) is 0 Å². The van der Waals surface area contributed by atoms with Crippen LogP contribution in [0.3, 0.4) is 0 Å². The summed E-state index contributed by atoms with van der Waals surface area (Å²) in [6.45, 7) is 3.11. The minimum Gasteiger partial charge on any atom is -0.310 e. The van der Waals surface area contributed by atoms with Crippen molar-refractivity contribution < 1.29 is 0 Å². The summed E-state index contributed by atoms with van der Waals surface area (Å²) in [6, 6.07) is 13.0. The molecule has 21 heavy (non-hydrogen) atoms. The largest absolute Gasteiger partial charge is 0.310 e. The number of likely N-dealkylation sites (N-methyl/N-ethyl adjacent to an activating group) is 1. The molecule has 1 aromatic carbocycles. The highest BCUT2D eigenvalue weighted by molar-refractivity contribution is 9.10. The molecule has 2 aromatic heterocycles. The van der Waals surface area contributed by atoms with Crippen molar-refractivity contribution in [3.63, 3.8) is 0 Å². The van der Waals surface area contributed by atoms with Crippen LogP contribution in [-0.4, -0.2) is 11.5 Å². The second kappa shape index (κ2) is 6.69. The van der Waals surface area contributed by atoms with Crippen LogP contribution in [0.2, 0.25) is 0 Å². The number of fused-ring (bicyclic) bond motifs is 1. The number of aromatic nitrogens is 1. The van der Waals surface area contributed by atoms with Crippen LogP contribution in [0.1, 0.15) is 23.4 Å². The zero-order chi connectivity index (χ0) is 14.7. The molecule has 0 amide bonds. The van der Waals surface area contributed by atoms with Crippen molar-refractivity contribution in [3.05, 3.63) is 62.9 Å². The summed E-state index contributed by atoms with van der Waals surface area (Å²) in [5.74, 6) is 0. The van der Waals surface area contributed by atoms with Crippen molar-refractivity contribution in [2.75, 3.05) is 6.54 Å². The van der Waals surface area contributed by atoms with Crippen LogP contribution in [0.5, 0.6) is 0 Å². The predicted molar refractivity (Wildman–Crippen MR) is 93.9 cm³/mol. The van der Waals surface area contributed by atoms with Gasteiger partial charge in [0, 0.05) is 38.8 Å². The average molecular weight is 361 g/mol. The highest BCUT2D eigenvalue weighted by Gasteiger charge is 2.15. The Morgan fingerprint density at radius 1 is 1.29 bits per heavy atom. The predicted octanol–water partition coefficient (Wildman–Crippen LogP) is 4.95. The number of halogens is 1. The van der Waals surface area contributed by atoms with Crippen LogP contribution < -0.4 is 5.32 Å². The van der Waals surface area contributed by atoms with E-state index < -0.39 is 0 Å². The fraction of sp³-hybridized carbons (Fsp3) is 0.235. The summed E-state index contributed by atoms with van der Waals surface area (Å²) in [5.41, 5.74) is 2.39. The monoisotopic (exact) mass is 360 g/mol. The third-order valence-corrected chi connectivity index (χ3v) is 5.26. The van der Waals surface area contributed by atoms with E-state index in [2.05, 4.69) is 68.9 Å². The SMILES string of the molecule is CCNC(Cc1cc(Br)cs1)c1ccnc2ccccc12. The first-order chi connectivity index (χ1) is 10.3. The summed E-state index contributed by atoms with van der Waals surface area (Å²) in [5, 5.41) is 6.99. The standard InChI is InChI=1S/C17H17BrN2S/c1-2-19-17(10-13-9-12(18)11-21-13)15-7-8-20-16-6-4-3-5-14(15)16/h3-9,11,17,19H,2,10H2,1H3. The molecule has 1 atom stereocenters. The zero-order valence-electron chi connectivity index (χ0n) is 11.8. The highest BCUT2D eigenvalue weighted by atomic mass is 79.9. The van der Waals surface area contributed by atoms with E-state index in [1.54, 1.807) is 11.3 Å². The van der Waals surface area contributed by atoms with E-state index >= 15 is 0 Å². The first kappa shape index (κ1) is 14.7. The molecule has 0 saturated heterocycles. The van der Waals surface area contributed by atoms with Gasteiger partial charge in [0.1, 0.15) is 0 Å². The van der Waals surface area contributed by atoms with Crippen LogP contribution >= 0.6 is 27.3 Å². The lowest BCUT2D eigenvalue weighted by atomic mass is 9.99. The molecule has 1 unspecified atom stereocenters. The van der Waals surface area contributed by atoms with Gasteiger partial charge in [0.05, 0.1) is 5.52 Å². The summed E-state index contributed by atoms with van der Waals surface area (Å²) in [4.78, 5) is 5.85. The maximum Gasteiger partial charge on any atom is 0.0705 e. The molecule has 2 heterocycles. The molecule has 0 aliphatic rings. The number of hydrogen-bond donors (Lipinski definition) is 1. The van der Waals surface area contributed by atoms with Gasteiger partial charge in [-0.3, -0.25) is 4.98 Å². The maximum absolute atomic E-state index is 4.46. The molecule has 0 aliphatic carbocycles. The number of pyridine rings is 1. The van der Waals surface area contributed by atoms with Crippen molar-refractivity contribution in [2.24, 2.45) is 0 Å².